The van der Waals surface area contributed by atoms with Gasteiger partial charge < -0.3 is 15.2 Å². The Kier molecular flexibility index (Phi) is 4.28. The van der Waals surface area contributed by atoms with Crippen molar-refractivity contribution in [2.24, 2.45) is 5.92 Å². The summed E-state index contributed by atoms with van der Waals surface area (Å²) in [5.41, 5.74) is 7.35. The molecule has 2 aromatic heterocycles. The number of nitrogens with zero attached hydrogens (tertiary/aromatic N) is 5. The zero-order chi connectivity index (χ0) is 17.1. The summed E-state index contributed by atoms with van der Waals surface area (Å²) < 4.78 is 5.39. The van der Waals surface area contributed by atoms with Gasteiger partial charge in [0, 0.05) is 43.2 Å². The molecule has 0 aliphatic carbocycles. The van der Waals surface area contributed by atoms with Gasteiger partial charge in [-0.05, 0) is 43.0 Å². The minimum atomic E-state index is 0.525. The van der Waals surface area contributed by atoms with Crippen molar-refractivity contribution in [3.05, 3.63) is 48.5 Å². The molecule has 1 aliphatic rings. The molecule has 0 radical (unpaired) electrons. The number of piperidine rings is 1. The van der Waals surface area contributed by atoms with Crippen LogP contribution >= 0.6 is 0 Å². The van der Waals surface area contributed by atoms with Crippen molar-refractivity contribution in [2.45, 2.75) is 19.3 Å². The Bertz CT molecular complexity index is 826. The molecule has 0 saturated carbocycles. The van der Waals surface area contributed by atoms with E-state index in [0.29, 0.717) is 17.5 Å². The van der Waals surface area contributed by atoms with Crippen LogP contribution in [0.4, 0.5) is 11.6 Å². The molecule has 0 atom stereocenters. The van der Waals surface area contributed by atoms with E-state index in [2.05, 4.69) is 25.0 Å². The molecule has 2 N–H and O–H groups in total. The normalized spacial score (nSPS) is 15.4. The highest BCUT2D eigenvalue weighted by molar-refractivity contribution is 5.59. The highest BCUT2D eigenvalue weighted by atomic mass is 16.5. The largest absolute Gasteiger partial charge is 0.399 e. The van der Waals surface area contributed by atoms with Crippen LogP contribution in [-0.4, -0.2) is 33.2 Å². The predicted octanol–water partition coefficient (Wildman–Crippen LogP) is 2.57. The highest BCUT2D eigenvalue weighted by Gasteiger charge is 2.23. The molecule has 3 heterocycles. The minimum Gasteiger partial charge on any atom is -0.399 e. The van der Waals surface area contributed by atoms with Crippen LogP contribution in [0.15, 0.2) is 47.2 Å². The molecule has 0 bridgehead atoms. The lowest BCUT2D eigenvalue weighted by Crippen LogP contribution is -2.35. The summed E-state index contributed by atoms with van der Waals surface area (Å²) in [5.74, 6) is 2.64. The van der Waals surface area contributed by atoms with Gasteiger partial charge in [0.05, 0.1) is 0 Å². The summed E-state index contributed by atoms with van der Waals surface area (Å²) >= 11 is 0. The Morgan fingerprint density at radius 1 is 1.12 bits per heavy atom. The highest BCUT2D eigenvalue weighted by Crippen LogP contribution is 2.24. The number of benzene rings is 1. The van der Waals surface area contributed by atoms with Gasteiger partial charge >= 0.3 is 0 Å². The summed E-state index contributed by atoms with van der Waals surface area (Å²) in [7, 11) is 0. The molecular weight excluding hydrogens is 316 g/mol. The van der Waals surface area contributed by atoms with Gasteiger partial charge in [-0.25, -0.2) is 9.97 Å². The summed E-state index contributed by atoms with van der Waals surface area (Å²) in [5, 5.41) is 4.13. The van der Waals surface area contributed by atoms with Crippen molar-refractivity contribution in [2.75, 3.05) is 23.7 Å². The van der Waals surface area contributed by atoms with E-state index in [-0.39, 0.29) is 0 Å². The fraction of sp³-hybridized carbons (Fsp3) is 0.333. The quantitative estimate of drug-likeness (QED) is 0.732. The number of hydrogen-bond donors (Lipinski definition) is 1. The van der Waals surface area contributed by atoms with Gasteiger partial charge in [0.15, 0.2) is 5.82 Å². The lowest BCUT2D eigenvalue weighted by molar-refractivity contribution is 0.376. The van der Waals surface area contributed by atoms with E-state index in [9.17, 15) is 0 Å². The second kappa shape index (κ2) is 6.88. The number of nitrogens with two attached hydrogens (primary N) is 1. The van der Waals surface area contributed by atoms with Gasteiger partial charge in [-0.2, -0.15) is 4.98 Å². The standard InChI is InChI=1S/C18H20N6O/c19-15-4-1-3-14(12-15)17-22-16(23-25-17)11-13-5-9-24(10-6-13)18-20-7-2-8-21-18/h1-4,7-8,12-13H,5-6,9-11,19H2. The van der Waals surface area contributed by atoms with Gasteiger partial charge in [0.25, 0.3) is 5.89 Å². The second-order valence-corrected chi connectivity index (χ2v) is 6.32. The molecule has 1 aromatic carbocycles. The molecule has 0 spiro atoms. The van der Waals surface area contributed by atoms with Gasteiger partial charge in [0.2, 0.25) is 5.95 Å². The van der Waals surface area contributed by atoms with E-state index in [0.717, 1.165) is 49.7 Å². The molecule has 7 nitrogen and oxygen atoms in total. The maximum Gasteiger partial charge on any atom is 0.257 e. The third-order valence-electron chi connectivity index (χ3n) is 4.52. The third kappa shape index (κ3) is 3.60. The van der Waals surface area contributed by atoms with Crippen LogP contribution in [-0.2, 0) is 6.42 Å². The van der Waals surface area contributed by atoms with E-state index in [1.54, 1.807) is 12.4 Å². The van der Waals surface area contributed by atoms with Gasteiger partial charge in [-0.1, -0.05) is 11.2 Å². The Balaban J connectivity index is 1.36. The lowest BCUT2D eigenvalue weighted by Gasteiger charge is -2.31. The molecule has 7 heteroatoms. The van der Waals surface area contributed by atoms with Crippen molar-refractivity contribution in [1.82, 2.24) is 20.1 Å². The fourth-order valence-corrected chi connectivity index (χ4v) is 3.18. The van der Waals surface area contributed by atoms with Crippen molar-refractivity contribution in [1.29, 1.82) is 0 Å². The van der Waals surface area contributed by atoms with Gasteiger partial charge in [-0.3, -0.25) is 0 Å². The van der Waals surface area contributed by atoms with Crippen LogP contribution < -0.4 is 10.6 Å². The maximum absolute atomic E-state index is 5.81. The molecule has 0 unspecified atom stereocenters. The number of hydrogen-bond acceptors (Lipinski definition) is 7. The average molecular weight is 336 g/mol. The first kappa shape index (κ1) is 15.6. The summed E-state index contributed by atoms with van der Waals surface area (Å²) in [6, 6.07) is 9.33. The summed E-state index contributed by atoms with van der Waals surface area (Å²) in [6.45, 7) is 1.91. The van der Waals surface area contributed by atoms with Crippen molar-refractivity contribution < 1.29 is 4.52 Å². The fourth-order valence-electron chi connectivity index (χ4n) is 3.18. The maximum atomic E-state index is 5.81. The van der Waals surface area contributed by atoms with E-state index in [1.165, 1.54) is 0 Å². The average Bonchev–Trinajstić information content (AvgIpc) is 3.12. The van der Waals surface area contributed by atoms with Crippen LogP contribution in [0.25, 0.3) is 11.5 Å². The zero-order valence-electron chi connectivity index (χ0n) is 13.9. The Morgan fingerprint density at radius 2 is 1.92 bits per heavy atom. The van der Waals surface area contributed by atoms with E-state index >= 15 is 0 Å². The predicted molar refractivity (Wildman–Crippen MR) is 94.8 cm³/mol. The Hall–Kier alpha value is -2.96. The molecule has 0 amide bonds. The van der Waals surface area contributed by atoms with Crippen LogP contribution in [0.5, 0.6) is 0 Å². The lowest BCUT2D eigenvalue weighted by atomic mass is 9.93. The van der Waals surface area contributed by atoms with Gasteiger partial charge in [-0.15, -0.1) is 0 Å². The second-order valence-electron chi connectivity index (χ2n) is 6.32. The molecule has 1 saturated heterocycles. The first-order chi connectivity index (χ1) is 12.3. The first-order valence-corrected chi connectivity index (χ1v) is 8.48. The number of rotatable bonds is 4. The number of nitrogen functional groups attached to an aromatic ring is 1. The smallest absolute Gasteiger partial charge is 0.257 e. The van der Waals surface area contributed by atoms with Crippen molar-refractivity contribution >= 4 is 11.6 Å². The monoisotopic (exact) mass is 336 g/mol. The summed E-state index contributed by atoms with van der Waals surface area (Å²) in [4.78, 5) is 15.4. The van der Waals surface area contributed by atoms with Gasteiger partial charge in [0.1, 0.15) is 0 Å². The Labute approximate surface area is 145 Å². The van der Waals surface area contributed by atoms with Crippen LogP contribution in [0, 0.1) is 5.92 Å². The minimum absolute atomic E-state index is 0.525. The van der Waals surface area contributed by atoms with Crippen molar-refractivity contribution in [3.8, 4) is 11.5 Å². The molecule has 25 heavy (non-hydrogen) atoms. The SMILES string of the molecule is Nc1cccc(-c2nc(CC3CCN(c4ncccn4)CC3)no2)c1. The Morgan fingerprint density at radius 3 is 2.68 bits per heavy atom. The zero-order valence-corrected chi connectivity index (χ0v) is 13.9. The van der Waals surface area contributed by atoms with Crippen LogP contribution in [0.2, 0.25) is 0 Å². The van der Waals surface area contributed by atoms with E-state index in [4.69, 9.17) is 10.3 Å². The molecule has 128 valence electrons. The number of aromatic nitrogens is 4. The summed E-state index contributed by atoms with van der Waals surface area (Å²) in [6.07, 6.45) is 6.54. The third-order valence-corrected chi connectivity index (χ3v) is 4.52. The van der Waals surface area contributed by atoms with E-state index < -0.39 is 0 Å². The van der Waals surface area contributed by atoms with Crippen molar-refractivity contribution in [3.63, 3.8) is 0 Å². The van der Waals surface area contributed by atoms with Crippen LogP contribution in [0.1, 0.15) is 18.7 Å². The molecule has 1 aliphatic heterocycles. The molecule has 4 rings (SSSR count). The topological polar surface area (TPSA) is 94.0 Å². The molecule has 1 fully saturated rings. The van der Waals surface area contributed by atoms with Crippen LogP contribution in [0.3, 0.4) is 0 Å². The molecular formula is C18H20N6O. The van der Waals surface area contributed by atoms with E-state index in [1.807, 2.05) is 30.3 Å². The molecule has 3 aromatic rings. The first-order valence-electron chi connectivity index (χ1n) is 8.48. The number of anilines is 2.